The van der Waals surface area contributed by atoms with Crippen molar-refractivity contribution in [1.29, 1.82) is 0 Å². The van der Waals surface area contributed by atoms with Crippen LogP contribution < -0.4 is 0 Å². The minimum atomic E-state index is -0.806. The van der Waals surface area contributed by atoms with E-state index in [0.717, 1.165) is 148 Å². The summed E-state index contributed by atoms with van der Waals surface area (Å²) in [5, 5.41) is 0. The Morgan fingerprint density at radius 1 is 0.288 bits per heavy atom. The first-order chi connectivity index (χ1) is 36.0. The van der Waals surface area contributed by atoms with Crippen molar-refractivity contribution in [2.75, 3.05) is 13.2 Å². The van der Waals surface area contributed by atoms with E-state index < -0.39 is 6.10 Å². The highest BCUT2D eigenvalue weighted by Crippen LogP contribution is 2.14. The van der Waals surface area contributed by atoms with Gasteiger partial charge in [-0.3, -0.25) is 14.4 Å². The van der Waals surface area contributed by atoms with E-state index in [4.69, 9.17) is 14.2 Å². The molecule has 0 bridgehead atoms. The molecule has 0 saturated heterocycles. The van der Waals surface area contributed by atoms with Gasteiger partial charge in [-0.15, -0.1) is 0 Å². The maximum Gasteiger partial charge on any atom is 0.306 e. The maximum atomic E-state index is 12.9. The van der Waals surface area contributed by atoms with Crippen LogP contribution in [0.5, 0.6) is 0 Å². The van der Waals surface area contributed by atoms with E-state index in [1.807, 2.05) is 0 Å². The summed E-state index contributed by atoms with van der Waals surface area (Å²) in [5.41, 5.74) is 0. The summed E-state index contributed by atoms with van der Waals surface area (Å²) in [6.45, 7) is 6.37. The average molecular weight is 1010 g/mol. The van der Waals surface area contributed by atoms with Crippen molar-refractivity contribution >= 4 is 17.9 Å². The molecule has 0 fully saturated rings. The molecule has 0 saturated carbocycles. The zero-order valence-electron chi connectivity index (χ0n) is 47.4. The third-order valence-electron chi connectivity index (χ3n) is 12.4. The largest absolute Gasteiger partial charge is 0.462 e. The van der Waals surface area contributed by atoms with E-state index in [0.29, 0.717) is 19.3 Å². The Morgan fingerprint density at radius 2 is 0.534 bits per heavy atom. The molecular weight excluding hydrogens is 901 g/mol. The van der Waals surface area contributed by atoms with Crippen molar-refractivity contribution in [3.05, 3.63) is 122 Å². The highest BCUT2D eigenvalue weighted by Gasteiger charge is 2.19. The Hall–Kier alpha value is -4.19. The number of rotatable bonds is 53. The van der Waals surface area contributed by atoms with Gasteiger partial charge in [-0.2, -0.15) is 0 Å². The van der Waals surface area contributed by atoms with Gasteiger partial charge < -0.3 is 14.2 Å². The minimum Gasteiger partial charge on any atom is -0.462 e. The normalized spacial score (nSPS) is 13.0. The van der Waals surface area contributed by atoms with Crippen LogP contribution in [-0.2, 0) is 28.6 Å². The molecule has 1 unspecified atom stereocenters. The molecule has 0 radical (unpaired) electrons. The van der Waals surface area contributed by atoms with E-state index in [-0.39, 0.29) is 31.1 Å². The Balaban J connectivity index is 4.47. The lowest BCUT2D eigenvalue weighted by Crippen LogP contribution is -2.30. The quantitative estimate of drug-likeness (QED) is 0.0261. The van der Waals surface area contributed by atoms with Crippen LogP contribution in [-0.4, -0.2) is 37.2 Å². The molecule has 73 heavy (non-hydrogen) atoms. The fourth-order valence-electron chi connectivity index (χ4n) is 7.98. The van der Waals surface area contributed by atoms with Gasteiger partial charge in [0, 0.05) is 19.3 Å². The van der Waals surface area contributed by atoms with Gasteiger partial charge in [0.05, 0.1) is 0 Å². The summed E-state index contributed by atoms with van der Waals surface area (Å²) in [7, 11) is 0. The zero-order chi connectivity index (χ0) is 52.9. The molecule has 0 N–H and O–H groups in total. The lowest BCUT2D eigenvalue weighted by molar-refractivity contribution is -0.167. The highest BCUT2D eigenvalue weighted by atomic mass is 16.6. The van der Waals surface area contributed by atoms with Gasteiger partial charge in [-0.05, 0) is 128 Å². The molecule has 0 aromatic carbocycles. The second kappa shape index (κ2) is 60.4. The lowest BCUT2D eigenvalue weighted by atomic mass is 10.1. The summed E-state index contributed by atoms with van der Waals surface area (Å²) in [5.74, 6) is -0.945. The van der Waals surface area contributed by atoms with E-state index >= 15 is 0 Å². The van der Waals surface area contributed by atoms with Crippen molar-refractivity contribution in [2.24, 2.45) is 0 Å². The predicted molar refractivity (Wildman–Crippen MR) is 316 cm³/mol. The fraction of sp³-hybridized carbons (Fsp3) is 0.657. The molecule has 0 aliphatic heterocycles. The van der Waals surface area contributed by atoms with Crippen molar-refractivity contribution in [1.82, 2.24) is 0 Å². The third-order valence-corrected chi connectivity index (χ3v) is 12.4. The van der Waals surface area contributed by atoms with Crippen LogP contribution in [0.1, 0.15) is 265 Å². The summed E-state index contributed by atoms with van der Waals surface area (Å²) in [6.07, 6.45) is 83.3. The molecule has 0 aliphatic carbocycles. The van der Waals surface area contributed by atoms with Gasteiger partial charge in [-0.25, -0.2) is 0 Å². The second-order valence-corrected chi connectivity index (χ2v) is 19.5. The summed E-state index contributed by atoms with van der Waals surface area (Å²) in [4.78, 5) is 38.3. The van der Waals surface area contributed by atoms with Crippen LogP contribution in [0, 0.1) is 0 Å². The van der Waals surface area contributed by atoms with Crippen molar-refractivity contribution < 1.29 is 28.6 Å². The number of carbonyl (C=O) groups is 3. The number of hydrogen-bond acceptors (Lipinski definition) is 6. The van der Waals surface area contributed by atoms with Gasteiger partial charge in [0.2, 0.25) is 0 Å². The average Bonchev–Trinajstić information content (AvgIpc) is 3.39. The molecule has 6 nitrogen and oxygen atoms in total. The smallest absolute Gasteiger partial charge is 0.306 e. The Bertz CT molecular complexity index is 1540. The first-order valence-electron chi connectivity index (χ1n) is 30.0. The molecule has 0 heterocycles. The number of ether oxygens (including phenoxy) is 3. The van der Waals surface area contributed by atoms with E-state index in [1.165, 1.54) is 77.0 Å². The minimum absolute atomic E-state index is 0.101. The molecule has 0 spiro atoms. The molecule has 0 rings (SSSR count). The lowest BCUT2D eigenvalue weighted by Gasteiger charge is -2.18. The molecule has 6 heteroatoms. The van der Waals surface area contributed by atoms with Gasteiger partial charge >= 0.3 is 17.9 Å². The summed E-state index contributed by atoms with van der Waals surface area (Å²) in [6, 6.07) is 0. The zero-order valence-corrected chi connectivity index (χ0v) is 47.4. The number of hydrogen-bond donors (Lipinski definition) is 0. The van der Waals surface area contributed by atoms with Crippen LogP contribution >= 0.6 is 0 Å². The number of carbonyl (C=O) groups excluding carboxylic acids is 3. The first-order valence-corrected chi connectivity index (χ1v) is 30.0. The number of allylic oxidation sites excluding steroid dienone is 20. The monoisotopic (exact) mass is 1010 g/mol. The standard InChI is InChI=1S/C67H110O6/c1-4-7-10-13-16-19-22-25-28-31-32-33-34-37-39-42-45-48-51-54-57-60-66(69)72-63-64(73-67(70)61-58-55-52-49-46-43-40-36-30-27-24-21-18-15-12-9-6-3)62-71-65(68)59-56-53-50-47-44-41-38-35-29-26-23-20-17-14-11-8-5-2/h8-9,11-12,17-18,20-22,25-27,29-32,34,37,40,43,64H,4-7,10,13-16,19,23-24,28,33,35-36,38-39,41-42,44-63H2,1-3H3/b11-8-,12-9-,20-17-,21-18-,25-22-,29-26-,30-27-,32-31-,37-34-,43-40-. The molecule has 0 aliphatic rings. The first kappa shape index (κ1) is 68.8. The summed E-state index contributed by atoms with van der Waals surface area (Å²) >= 11 is 0. The number of unbranched alkanes of at least 4 members (excludes halogenated alkanes) is 22. The summed E-state index contributed by atoms with van der Waals surface area (Å²) < 4.78 is 16.9. The van der Waals surface area contributed by atoms with Crippen LogP contribution in [0.2, 0.25) is 0 Å². The molecule has 414 valence electrons. The van der Waals surface area contributed by atoms with Crippen LogP contribution in [0.25, 0.3) is 0 Å². The molecule has 0 aromatic rings. The van der Waals surface area contributed by atoms with Crippen LogP contribution in [0.3, 0.4) is 0 Å². The van der Waals surface area contributed by atoms with Crippen molar-refractivity contribution in [3.63, 3.8) is 0 Å². The Labute approximate surface area is 450 Å². The van der Waals surface area contributed by atoms with Gasteiger partial charge in [0.1, 0.15) is 13.2 Å². The van der Waals surface area contributed by atoms with Crippen LogP contribution in [0.15, 0.2) is 122 Å². The molecule has 0 aromatic heterocycles. The molecular formula is C67H110O6. The highest BCUT2D eigenvalue weighted by molar-refractivity contribution is 5.71. The fourth-order valence-corrected chi connectivity index (χ4v) is 7.98. The molecule has 0 amide bonds. The van der Waals surface area contributed by atoms with E-state index in [2.05, 4.69) is 142 Å². The van der Waals surface area contributed by atoms with Gasteiger partial charge in [0.15, 0.2) is 6.10 Å². The SMILES string of the molecule is CC/C=C\C/C=C\C/C=C\C/C=C\CCCCCCC(=O)OC(COC(=O)CCCCCCCC/C=C\C/C=C\C/C=C\CCCCCCC)COC(=O)CCCCCCCCC/C=C\C/C=C\C/C=C\CC. The van der Waals surface area contributed by atoms with Crippen molar-refractivity contribution in [3.8, 4) is 0 Å². The second-order valence-electron chi connectivity index (χ2n) is 19.5. The van der Waals surface area contributed by atoms with Crippen LogP contribution in [0.4, 0.5) is 0 Å². The maximum absolute atomic E-state index is 12.9. The van der Waals surface area contributed by atoms with Crippen molar-refractivity contribution in [2.45, 2.75) is 271 Å². The number of esters is 3. The van der Waals surface area contributed by atoms with Gasteiger partial charge in [0.25, 0.3) is 0 Å². The van der Waals surface area contributed by atoms with E-state index in [1.54, 1.807) is 0 Å². The Morgan fingerprint density at radius 3 is 0.836 bits per heavy atom. The third kappa shape index (κ3) is 58.6. The topological polar surface area (TPSA) is 78.9 Å². The Kier molecular flexibility index (Phi) is 56.9. The van der Waals surface area contributed by atoms with Gasteiger partial charge in [-0.1, -0.05) is 239 Å². The van der Waals surface area contributed by atoms with E-state index in [9.17, 15) is 14.4 Å². The predicted octanol–water partition coefficient (Wildman–Crippen LogP) is 20.4. The molecule has 1 atom stereocenters.